The van der Waals surface area contributed by atoms with E-state index < -0.39 is 0 Å². The Morgan fingerprint density at radius 3 is 2.65 bits per heavy atom. The van der Waals surface area contributed by atoms with E-state index in [0.717, 1.165) is 43.4 Å². The molecule has 2 heterocycles. The first-order chi connectivity index (χ1) is 15.1. The van der Waals surface area contributed by atoms with E-state index in [1.165, 1.54) is 12.1 Å². The highest BCUT2D eigenvalue weighted by atomic mass is 35.5. The van der Waals surface area contributed by atoms with Crippen molar-refractivity contribution in [1.82, 2.24) is 20.4 Å². The van der Waals surface area contributed by atoms with Gasteiger partial charge in [-0.05, 0) is 36.4 Å². The van der Waals surface area contributed by atoms with Crippen LogP contribution in [0.25, 0.3) is 11.4 Å². The summed E-state index contributed by atoms with van der Waals surface area (Å²) in [5.74, 6) is 1.71. The normalized spacial score (nSPS) is 14.7. The van der Waals surface area contributed by atoms with Crippen molar-refractivity contribution in [3.8, 4) is 11.4 Å². The molecule has 0 aliphatic carbocycles. The Bertz CT molecular complexity index is 1030. The first-order valence-electron chi connectivity index (χ1n) is 10.2. The van der Waals surface area contributed by atoms with Crippen molar-refractivity contribution in [3.63, 3.8) is 0 Å². The van der Waals surface area contributed by atoms with E-state index in [2.05, 4.69) is 30.2 Å². The number of benzene rings is 2. The number of hydrogen-bond donors (Lipinski definition) is 1. The molecule has 1 fully saturated rings. The number of aromatic nitrogens is 2. The third-order valence-corrected chi connectivity index (χ3v) is 5.39. The first kappa shape index (κ1) is 21.1. The molecule has 162 valence electrons. The van der Waals surface area contributed by atoms with Gasteiger partial charge in [0.1, 0.15) is 5.82 Å². The lowest BCUT2D eigenvalue weighted by Crippen LogP contribution is -2.52. The average molecular weight is 443 g/mol. The SMILES string of the molecule is CN=C(NCCc1nc(-c2cccc(Cl)c2)no1)N1CCN(c2ccc(F)cc2)CC1. The standard InChI is InChI=1S/C22H24ClFN6O/c1-25-22(30-13-11-29(12-14-30)19-7-5-18(24)6-8-19)26-10-9-20-27-21(28-31-20)16-3-2-4-17(23)15-16/h2-8,15H,9-14H2,1H3,(H,25,26). The number of rotatable bonds is 5. The molecule has 1 aliphatic heterocycles. The molecule has 31 heavy (non-hydrogen) atoms. The van der Waals surface area contributed by atoms with E-state index in [0.29, 0.717) is 29.7 Å². The van der Waals surface area contributed by atoms with Crippen molar-refractivity contribution in [2.24, 2.45) is 4.99 Å². The molecule has 2 aromatic carbocycles. The first-order valence-corrected chi connectivity index (χ1v) is 10.5. The summed E-state index contributed by atoms with van der Waals surface area (Å²) in [4.78, 5) is 13.3. The van der Waals surface area contributed by atoms with Gasteiger partial charge in [0.15, 0.2) is 5.96 Å². The van der Waals surface area contributed by atoms with Crippen molar-refractivity contribution in [2.75, 3.05) is 44.7 Å². The minimum absolute atomic E-state index is 0.215. The van der Waals surface area contributed by atoms with Crippen molar-refractivity contribution >= 4 is 23.2 Å². The van der Waals surface area contributed by atoms with Gasteiger partial charge in [0.25, 0.3) is 0 Å². The predicted octanol–water partition coefficient (Wildman–Crippen LogP) is 3.47. The van der Waals surface area contributed by atoms with Crippen LogP contribution in [0.1, 0.15) is 5.89 Å². The zero-order valence-electron chi connectivity index (χ0n) is 17.3. The third kappa shape index (κ3) is 5.32. The molecule has 3 aromatic rings. The summed E-state index contributed by atoms with van der Waals surface area (Å²) in [6, 6.07) is 14.0. The summed E-state index contributed by atoms with van der Waals surface area (Å²) >= 11 is 6.03. The van der Waals surface area contributed by atoms with Gasteiger partial charge >= 0.3 is 0 Å². The van der Waals surface area contributed by atoms with Gasteiger partial charge < -0.3 is 19.6 Å². The Balaban J connectivity index is 1.26. The summed E-state index contributed by atoms with van der Waals surface area (Å²) < 4.78 is 18.5. The van der Waals surface area contributed by atoms with Crippen LogP contribution >= 0.6 is 11.6 Å². The van der Waals surface area contributed by atoms with Crippen LogP contribution in [-0.2, 0) is 6.42 Å². The number of nitrogens with zero attached hydrogens (tertiary/aromatic N) is 5. The second kappa shape index (κ2) is 9.78. The maximum Gasteiger partial charge on any atom is 0.228 e. The van der Waals surface area contributed by atoms with E-state index in [1.54, 1.807) is 13.1 Å². The summed E-state index contributed by atoms with van der Waals surface area (Å²) in [6.07, 6.45) is 0.585. The lowest BCUT2D eigenvalue weighted by atomic mass is 10.2. The van der Waals surface area contributed by atoms with Crippen LogP contribution in [0.5, 0.6) is 0 Å². The van der Waals surface area contributed by atoms with Gasteiger partial charge in [0.2, 0.25) is 11.7 Å². The topological polar surface area (TPSA) is 69.8 Å². The van der Waals surface area contributed by atoms with Gasteiger partial charge in [-0.2, -0.15) is 4.98 Å². The molecule has 1 N–H and O–H groups in total. The number of halogens is 2. The van der Waals surface area contributed by atoms with Gasteiger partial charge in [0.05, 0.1) is 0 Å². The number of anilines is 1. The highest BCUT2D eigenvalue weighted by Gasteiger charge is 2.20. The zero-order chi connectivity index (χ0) is 21.6. The molecule has 9 heteroatoms. The van der Waals surface area contributed by atoms with Crippen molar-refractivity contribution in [1.29, 1.82) is 0 Å². The Hall–Kier alpha value is -3.13. The minimum atomic E-state index is -0.215. The Morgan fingerprint density at radius 2 is 1.94 bits per heavy atom. The van der Waals surface area contributed by atoms with Crippen LogP contribution in [0.15, 0.2) is 58.0 Å². The maximum atomic E-state index is 13.1. The smallest absolute Gasteiger partial charge is 0.228 e. The van der Waals surface area contributed by atoms with Crippen molar-refractivity contribution < 1.29 is 8.91 Å². The summed E-state index contributed by atoms with van der Waals surface area (Å²) in [7, 11) is 1.78. The molecule has 4 rings (SSSR count). The zero-order valence-corrected chi connectivity index (χ0v) is 18.0. The van der Waals surface area contributed by atoms with Crippen LogP contribution in [0.2, 0.25) is 5.02 Å². The van der Waals surface area contributed by atoms with E-state index >= 15 is 0 Å². The van der Waals surface area contributed by atoms with Gasteiger partial charge in [-0.15, -0.1) is 0 Å². The fourth-order valence-corrected chi connectivity index (χ4v) is 3.73. The second-order valence-electron chi connectivity index (χ2n) is 7.20. The van der Waals surface area contributed by atoms with Gasteiger partial charge in [-0.3, -0.25) is 4.99 Å². The lowest BCUT2D eigenvalue weighted by molar-refractivity contribution is 0.365. The third-order valence-electron chi connectivity index (χ3n) is 5.16. The molecule has 1 aromatic heterocycles. The minimum Gasteiger partial charge on any atom is -0.368 e. The summed E-state index contributed by atoms with van der Waals surface area (Å²) in [5.41, 5.74) is 1.86. The maximum absolute atomic E-state index is 13.1. The number of aliphatic imine (C=N–C) groups is 1. The molecule has 0 radical (unpaired) electrons. The van der Waals surface area contributed by atoms with Crippen molar-refractivity contribution in [3.05, 3.63) is 65.3 Å². The van der Waals surface area contributed by atoms with Crippen LogP contribution in [-0.4, -0.2) is 60.8 Å². The molecule has 0 unspecified atom stereocenters. The highest BCUT2D eigenvalue weighted by molar-refractivity contribution is 6.30. The Kier molecular flexibility index (Phi) is 6.66. The van der Waals surface area contributed by atoms with Gasteiger partial charge in [-0.1, -0.05) is 28.9 Å². The fraction of sp³-hybridized carbons (Fsp3) is 0.318. The molecule has 1 saturated heterocycles. The fourth-order valence-electron chi connectivity index (χ4n) is 3.54. The van der Waals surface area contributed by atoms with E-state index in [4.69, 9.17) is 16.1 Å². The molecular weight excluding hydrogens is 419 g/mol. The predicted molar refractivity (Wildman–Crippen MR) is 120 cm³/mol. The van der Waals surface area contributed by atoms with E-state index in [9.17, 15) is 4.39 Å². The lowest BCUT2D eigenvalue weighted by Gasteiger charge is -2.37. The molecule has 0 atom stereocenters. The second-order valence-corrected chi connectivity index (χ2v) is 7.63. The number of piperazine rings is 1. The van der Waals surface area contributed by atoms with Gasteiger partial charge in [0, 0.05) is 62.5 Å². The Morgan fingerprint density at radius 1 is 1.16 bits per heavy atom. The van der Waals surface area contributed by atoms with Crippen molar-refractivity contribution in [2.45, 2.75) is 6.42 Å². The van der Waals surface area contributed by atoms with E-state index in [1.807, 2.05) is 30.3 Å². The van der Waals surface area contributed by atoms with Crippen LogP contribution in [0.4, 0.5) is 10.1 Å². The average Bonchev–Trinajstić information content (AvgIpc) is 3.27. The van der Waals surface area contributed by atoms with Crippen LogP contribution < -0.4 is 10.2 Å². The summed E-state index contributed by atoms with van der Waals surface area (Å²) in [6.45, 7) is 3.98. The number of hydrogen-bond acceptors (Lipinski definition) is 5. The van der Waals surface area contributed by atoms with Gasteiger partial charge in [-0.25, -0.2) is 4.39 Å². The largest absolute Gasteiger partial charge is 0.368 e. The number of guanidine groups is 1. The summed E-state index contributed by atoms with van der Waals surface area (Å²) in [5, 5.41) is 8.04. The molecule has 7 nitrogen and oxygen atoms in total. The number of nitrogens with one attached hydrogen (secondary N) is 1. The monoisotopic (exact) mass is 442 g/mol. The Labute approximate surface area is 185 Å². The van der Waals surface area contributed by atoms with Crippen LogP contribution in [0, 0.1) is 5.82 Å². The van der Waals surface area contributed by atoms with E-state index in [-0.39, 0.29) is 5.82 Å². The molecular formula is C22H24ClFN6O. The quantitative estimate of drug-likeness (QED) is 0.482. The van der Waals surface area contributed by atoms with Crippen LogP contribution in [0.3, 0.4) is 0 Å². The molecule has 0 saturated carbocycles. The molecule has 0 spiro atoms. The highest BCUT2D eigenvalue weighted by Crippen LogP contribution is 2.20. The molecule has 1 aliphatic rings. The molecule has 0 amide bonds. The molecule has 0 bridgehead atoms.